The molecule has 1 heterocycles. The maximum absolute atomic E-state index is 12.8. The van der Waals surface area contributed by atoms with Gasteiger partial charge in [-0.2, -0.15) is 0 Å². The maximum Gasteiger partial charge on any atom is 0.226 e. The number of amides is 1. The summed E-state index contributed by atoms with van der Waals surface area (Å²) >= 11 is 0. The average molecular weight is 251 g/mol. The van der Waals surface area contributed by atoms with Crippen LogP contribution < -0.4 is 0 Å². The van der Waals surface area contributed by atoms with Gasteiger partial charge in [0.15, 0.2) is 0 Å². The number of carbonyl (C=O) groups is 1. The molecule has 0 aromatic carbocycles. The van der Waals surface area contributed by atoms with Crippen molar-refractivity contribution in [3.8, 4) is 0 Å². The third-order valence-electron chi connectivity index (χ3n) is 5.56. The summed E-state index contributed by atoms with van der Waals surface area (Å²) in [6.07, 6.45) is 7.42. The van der Waals surface area contributed by atoms with Crippen LogP contribution >= 0.6 is 0 Å². The number of hydrogen-bond acceptors (Lipinski definition) is 1. The molecule has 0 N–H and O–H groups in total. The molecule has 0 bridgehead atoms. The highest BCUT2D eigenvalue weighted by atomic mass is 16.2. The molecule has 2 fully saturated rings. The summed E-state index contributed by atoms with van der Waals surface area (Å²) < 4.78 is 0. The van der Waals surface area contributed by atoms with Gasteiger partial charge in [-0.1, -0.05) is 40.5 Å². The van der Waals surface area contributed by atoms with Crippen LogP contribution in [0.4, 0.5) is 0 Å². The maximum atomic E-state index is 12.8. The van der Waals surface area contributed by atoms with Crippen molar-refractivity contribution in [2.24, 2.45) is 17.8 Å². The van der Waals surface area contributed by atoms with Crippen molar-refractivity contribution in [1.82, 2.24) is 4.90 Å². The second kappa shape index (κ2) is 5.63. The van der Waals surface area contributed by atoms with E-state index in [0.717, 1.165) is 18.8 Å². The van der Waals surface area contributed by atoms with E-state index >= 15 is 0 Å². The lowest BCUT2D eigenvalue weighted by molar-refractivity contribution is -0.139. The Morgan fingerprint density at radius 3 is 2.61 bits per heavy atom. The highest BCUT2D eigenvalue weighted by molar-refractivity contribution is 5.80. The number of rotatable bonds is 4. The highest BCUT2D eigenvalue weighted by Gasteiger charge is 2.46. The molecule has 2 nitrogen and oxygen atoms in total. The predicted octanol–water partition coefficient (Wildman–Crippen LogP) is 3.85. The summed E-state index contributed by atoms with van der Waals surface area (Å²) in [4.78, 5) is 15.1. The molecule has 18 heavy (non-hydrogen) atoms. The van der Waals surface area contributed by atoms with E-state index in [-0.39, 0.29) is 5.92 Å². The van der Waals surface area contributed by atoms with Gasteiger partial charge in [0.25, 0.3) is 0 Å². The zero-order chi connectivity index (χ0) is 13.3. The zero-order valence-corrected chi connectivity index (χ0v) is 12.5. The average Bonchev–Trinajstić information content (AvgIpc) is 2.95. The number of carbonyl (C=O) groups excluding carboxylic acids is 1. The Morgan fingerprint density at radius 2 is 2.00 bits per heavy atom. The Kier molecular flexibility index (Phi) is 4.34. The van der Waals surface area contributed by atoms with Crippen LogP contribution in [0.3, 0.4) is 0 Å². The molecule has 104 valence electrons. The van der Waals surface area contributed by atoms with Gasteiger partial charge in [-0.25, -0.2) is 0 Å². The molecule has 1 saturated carbocycles. The van der Waals surface area contributed by atoms with E-state index in [2.05, 4.69) is 32.6 Å². The summed E-state index contributed by atoms with van der Waals surface area (Å²) in [6, 6.07) is 1.10. The molecule has 1 aliphatic carbocycles. The molecule has 0 aromatic rings. The van der Waals surface area contributed by atoms with Gasteiger partial charge in [-0.15, -0.1) is 0 Å². The fraction of sp³-hybridized carbons (Fsp3) is 0.938. The van der Waals surface area contributed by atoms with Crippen LogP contribution in [0.5, 0.6) is 0 Å². The normalized spacial score (nSPS) is 34.4. The smallest absolute Gasteiger partial charge is 0.226 e. The molecule has 2 rings (SSSR count). The third-order valence-corrected chi connectivity index (χ3v) is 5.56. The van der Waals surface area contributed by atoms with E-state index in [4.69, 9.17) is 0 Å². The Bertz CT molecular complexity index is 301. The third kappa shape index (κ3) is 2.31. The van der Waals surface area contributed by atoms with E-state index in [1.165, 1.54) is 25.7 Å². The number of fused-ring (bicyclic) bond motifs is 1. The fourth-order valence-electron chi connectivity index (χ4n) is 3.93. The molecule has 1 aliphatic heterocycles. The van der Waals surface area contributed by atoms with Crippen molar-refractivity contribution >= 4 is 5.91 Å². The topological polar surface area (TPSA) is 20.3 Å². The van der Waals surface area contributed by atoms with Gasteiger partial charge in [0, 0.05) is 18.0 Å². The Labute approximate surface area is 112 Å². The van der Waals surface area contributed by atoms with Gasteiger partial charge in [0.05, 0.1) is 0 Å². The van der Waals surface area contributed by atoms with Crippen LogP contribution in [0.1, 0.15) is 66.2 Å². The van der Waals surface area contributed by atoms with Gasteiger partial charge >= 0.3 is 0 Å². The SMILES string of the molecule is CCC(C)C(C)C(=O)N1C2CCCC2C[C@H]1CC. The molecule has 5 atom stereocenters. The van der Waals surface area contributed by atoms with Crippen LogP contribution in [0.2, 0.25) is 0 Å². The first kappa shape index (κ1) is 13.9. The Hall–Kier alpha value is -0.530. The summed E-state index contributed by atoms with van der Waals surface area (Å²) in [5.74, 6) is 1.95. The number of hydrogen-bond donors (Lipinski definition) is 0. The van der Waals surface area contributed by atoms with E-state index in [9.17, 15) is 4.79 Å². The van der Waals surface area contributed by atoms with Crippen molar-refractivity contribution < 1.29 is 4.79 Å². The molecule has 2 heteroatoms. The summed E-state index contributed by atoms with van der Waals surface area (Å²) in [5, 5.41) is 0. The van der Waals surface area contributed by atoms with Crippen LogP contribution in [0.15, 0.2) is 0 Å². The standard InChI is InChI=1S/C16H29NO/c1-5-11(3)12(4)16(18)17-14(6-2)10-13-8-7-9-15(13)17/h11-15H,5-10H2,1-4H3/t11?,12?,13?,14-,15?/m1/s1. The molecular weight excluding hydrogens is 222 g/mol. The van der Waals surface area contributed by atoms with Crippen molar-refractivity contribution in [2.75, 3.05) is 0 Å². The van der Waals surface area contributed by atoms with E-state index in [1.54, 1.807) is 0 Å². The summed E-state index contributed by atoms with van der Waals surface area (Å²) in [6.45, 7) is 8.77. The van der Waals surface area contributed by atoms with Gasteiger partial charge in [0.1, 0.15) is 0 Å². The zero-order valence-electron chi connectivity index (χ0n) is 12.5. The largest absolute Gasteiger partial charge is 0.336 e. The van der Waals surface area contributed by atoms with E-state index < -0.39 is 0 Å². The molecule has 2 aliphatic rings. The molecule has 0 spiro atoms. The summed E-state index contributed by atoms with van der Waals surface area (Å²) in [7, 11) is 0. The van der Waals surface area contributed by atoms with Gasteiger partial charge in [0.2, 0.25) is 5.91 Å². The molecule has 0 aromatic heterocycles. The Morgan fingerprint density at radius 1 is 1.28 bits per heavy atom. The molecular formula is C16H29NO. The predicted molar refractivity (Wildman–Crippen MR) is 75.3 cm³/mol. The van der Waals surface area contributed by atoms with Gasteiger partial charge < -0.3 is 4.90 Å². The van der Waals surface area contributed by atoms with Gasteiger partial charge in [-0.3, -0.25) is 4.79 Å². The van der Waals surface area contributed by atoms with E-state index in [1.807, 2.05) is 0 Å². The lowest BCUT2D eigenvalue weighted by atomic mass is 9.91. The first-order chi connectivity index (χ1) is 8.60. The van der Waals surface area contributed by atoms with Crippen molar-refractivity contribution in [3.63, 3.8) is 0 Å². The number of nitrogens with zero attached hydrogens (tertiary/aromatic N) is 1. The summed E-state index contributed by atoms with van der Waals surface area (Å²) in [5.41, 5.74) is 0. The fourth-order valence-corrected chi connectivity index (χ4v) is 3.93. The molecule has 1 amide bonds. The molecule has 1 saturated heterocycles. The van der Waals surface area contributed by atoms with Crippen LogP contribution in [0.25, 0.3) is 0 Å². The van der Waals surface area contributed by atoms with Crippen LogP contribution in [-0.2, 0) is 4.79 Å². The second-order valence-corrected chi connectivity index (χ2v) is 6.48. The Balaban J connectivity index is 2.11. The first-order valence-corrected chi connectivity index (χ1v) is 7.92. The first-order valence-electron chi connectivity index (χ1n) is 7.92. The lowest BCUT2D eigenvalue weighted by Gasteiger charge is -2.33. The van der Waals surface area contributed by atoms with E-state index in [0.29, 0.717) is 23.9 Å². The van der Waals surface area contributed by atoms with Crippen molar-refractivity contribution in [2.45, 2.75) is 78.3 Å². The monoisotopic (exact) mass is 251 g/mol. The molecule has 4 unspecified atom stereocenters. The van der Waals surface area contributed by atoms with Gasteiger partial charge in [-0.05, 0) is 37.5 Å². The van der Waals surface area contributed by atoms with Crippen LogP contribution in [-0.4, -0.2) is 22.9 Å². The lowest BCUT2D eigenvalue weighted by Crippen LogP contribution is -2.45. The second-order valence-electron chi connectivity index (χ2n) is 6.48. The van der Waals surface area contributed by atoms with Crippen molar-refractivity contribution in [1.29, 1.82) is 0 Å². The minimum Gasteiger partial charge on any atom is -0.336 e. The highest BCUT2D eigenvalue weighted by Crippen LogP contribution is 2.43. The number of likely N-dealkylation sites (tertiary alicyclic amines) is 1. The van der Waals surface area contributed by atoms with Crippen LogP contribution in [0, 0.1) is 17.8 Å². The molecule has 0 radical (unpaired) electrons. The minimum absolute atomic E-state index is 0.198. The quantitative estimate of drug-likeness (QED) is 0.743. The minimum atomic E-state index is 0.198. The van der Waals surface area contributed by atoms with Crippen molar-refractivity contribution in [3.05, 3.63) is 0 Å².